The van der Waals surface area contributed by atoms with Crippen molar-refractivity contribution in [2.45, 2.75) is 38.7 Å². The average molecular weight is 290 g/mol. The van der Waals surface area contributed by atoms with Crippen LogP contribution in [0.1, 0.15) is 30.4 Å². The third-order valence-corrected chi connectivity index (χ3v) is 4.10. The maximum Gasteiger partial charge on any atom is 0.137 e. The molecule has 0 bridgehead atoms. The molecule has 0 aliphatic carbocycles. The summed E-state index contributed by atoms with van der Waals surface area (Å²) < 4.78 is 5.84. The van der Waals surface area contributed by atoms with Gasteiger partial charge in [-0.1, -0.05) is 23.8 Å². The van der Waals surface area contributed by atoms with E-state index < -0.39 is 6.10 Å². The smallest absolute Gasteiger partial charge is 0.137 e. The number of likely N-dealkylation sites (tertiary alicyclic amines) is 1. The molecule has 21 heavy (non-hydrogen) atoms. The number of aryl methyl sites for hydroxylation is 1. The van der Waals surface area contributed by atoms with E-state index in [0.717, 1.165) is 24.3 Å². The molecule has 1 aliphatic rings. The Bertz CT molecular complexity index is 453. The molecule has 1 fully saturated rings. The molecule has 1 heterocycles. The molecule has 0 saturated carbocycles. The lowest BCUT2D eigenvalue weighted by Gasteiger charge is -2.25. The van der Waals surface area contributed by atoms with Gasteiger partial charge in [0.05, 0.1) is 13.1 Å². The molecule has 0 radical (unpaired) electrons. The number of hydrogen-bond donors (Lipinski definition) is 2. The van der Waals surface area contributed by atoms with E-state index in [1.807, 2.05) is 18.2 Å². The van der Waals surface area contributed by atoms with E-state index in [0.29, 0.717) is 6.61 Å². The first-order valence-electron chi connectivity index (χ1n) is 8.04. The molecule has 3 nitrogen and oxygen atoms in total. The Morgan fingerprint density at radius 3 is 2.81 bits per heavy atom. The van der Waals surface area contributed by atoms with E-state index in [2.05, 4.69) is 19.6 Å². The molecule has 0 amide bonds. The van der Waals surface area contributed by atoms with E-state index in [1.165, 1.54) is 42.8 Å². The molecule has 2 rings (SSSR count). The molecule has 1 aromatic rings. The summed E-state index contributed by atoms with van der Waals surface area (Å²) in [5.41, 5.74) is 2.36. The first kappa shape index (κ1) is 16.1. The zero-order chi connectivity index (χ0) is 15.1. The van der Waals surface area contributed by atoms with Crippen LogP contribution < -0.4 is 9.64 Å². The van der Waals surface area contributed by atoms with Gasteiger partial charge in [-0.3, -0.25) is 0 Å². The summed E-state index contributed by atoms with van der Waals surface area (Å²) in [5.74, 6) is 0.869. The van der Waals surface area contributed by atoms with Crippen molar-refractivity contribution in [1.82, 2.24) is 0 Å². The number of benzene rings is 1. The number of hydrogen-bond acceptors (Lipinski definition) is 2. The molecule has 116 valence electrons. The number of aliphatic hydroxyl groups excluding tert-OH is 1. The van der Waals surface area contributed by atoms with Crippen molar-refractivity contribution in [2.24, 2.45) is 0 Å². The number of allylic oxidation sites excluding steroid dienone is 1. The Hall–Kier alpha value is -1.32. The van der Waals surface area contributed by atoms with Gasteiger partial charge in [-0.2, -0.15) is 0 Å². The summed E-state index contributed by atoms with van der Waals surface area (Å²) in [5, 5.41) is 10.2. The van der Waals surface area contributed by atoms with Crippen LogP contribution in [0, 0.1) is 6.92 Å². The minimum Gasteiger partial charge on any atom is -0.490 e. The fraction of sp³-hybridized carbons (Fsp3) is 0.556. The van der Waals surface area contributed by atoms with Gasteiger partial charge in [0.25, 0.3) is 0 Å². The predicted molar refractivity (Wildman–Crippen MR) is 86.0 cm³/mol. The number of quaternary nitrogens is 1. The fourth-order valence-corrected chi connectivity index (χ4v) is 3.00. The largest absolute Gasteiger partial charge is 0.490 e. The zero-order valence-electron chi connectivity index (χ0n) is 13.1. The second-order valence-corrected chi connectivity index (χ2v) is 6.08. The highest BCUT2D eigenvalue weighted by molar-refractivity contribution is 5.38. The zero-order valence-corrected chi connectivity index (χ0v) is 13.1. The van der Waals surface area contributed by atoms with Gasteiger partial charge in [-0.15, -0.1) is 6.58 Å². The molecule has 1 aliphatic heterocycles. The minimum atomic E-state index is -0.393. The highest BCUT2D eigenvalue weighted by Crippen LogP contribution is 2.21. The lowest BCUT2D eigenvalue weighted by molar-refractivity contribution is -0.908. The number of rotatable bonds is 7. The first-order valence-corrected chi connectivity index (χ1v) is 8.04. The molecular weight excluding hydrogens is 262 g/mol. The first-order chi connectivity index (χ1) is 10.2. The summed E-state index contributed by atoms with van der Waals surface area (Å²) in [6.07, 6.45) is 6.19. The lowest BCUT2D eigenvalue weighted by Crippen LogP contribution is -3.14. The van der Waals surface area contributed by atoms with E-state index >= 15 is 0 Å². The normalized spacial score (nSPS) is 17.4. The van der Waals surface area contributed by atoms with Gasteiger partial charge in [0, 0.05) is 0 Å². The highest BCUT2D eigenvalue weighted by Gasteiger charge is 2.18. The van der Waals surface area contributed by atoms with Crippen LogP contribution in [0.3, 0.4) is 0 Å². The van der Waals surface area contributed by atoms with Crippen molar-refractivity contribution in [3.63, 3.8) is 0 Å². The molecule has 1 aromatic carbocycles. The Kier molecular flexibility index (Phi) is 6.27. The molecular formula is C18H28NO2+. The molecule has 2 N–H and O–H groups in total. The Morgan fingerprint density at radius 2 is 2.10 bits per heavy atom. The van der Waals surface area contributed by atoms with Gasteiger partial charge in [0.15, 0.2) is 0 Å². The van der Waals surface area contributed by atoms with Crippen molar-refractivity contribution in [3.05, 3.63) is 42.0 Å². The fourth-order valence-electron chi connectivity index (χ4n) is 3.00. The monoisotopic (exact) mass is 290 g/mol. The molecule has 1 saturated heterocycles. The molecule has 0 unspecified atom stereocenters. The number of nitrogens with one attached hydrogen (secondary N) is 1. The second kappa shape index (κ2) is 8.20. The van der Waals surface area contributed by atoms with Crippen LogP contribution in [0.15, 0.2) is 30.9 Å². The number of aliphatic hydroxyl groups is 1. The average Bonchev–Trinajstić information content (AvgIpc) is 2.48. The maximum atomic E-state index is 10.2. The predicted octanol–water partition coefficient (Wildman–Crippen LogP) is 1.53. The lowest BCUT2D eigenvalue weighted by atomic mass is 10.1. The third kappa shape index (κ3) is 5.18. The summed E-state index contributed by atoms with van der Waals surface area (Å²) in [6, 6.07) is 6.16. The molecule has 0 spiro atoms. The van der Waals surface area contributed by atoms with E-state index in [1.54, 1.807) is 0 Å². The van der Waals surface area contributed by atoms with Crippen molar-refractivity contribution in [3.8, 4) is 5.75 Å². The maximum absolute atomic E-state index is 10.2. The third-order valence-electron chi connectivity index (χ3n) is 4.10. The number of piperidine rings is 1. The van der Waals surface area contributed by atoms with Crippen LogP contribution in [-0.2, 0) is 6.42 Å². The highest BCUT2D eigenvalue weighted by atomic mass is 16.5. The van der Waals surface area contributed by atoms with Gasteiger partial charge in [-0.05, 0) is 44.2 Å². The van der Waals surface area contributed by atoms with Gasteiger partial charge >= 0.3 is 0 Å². The van der Waals surface area contributed by atoms with Gasteiger partial charge in [-0.25, -0.2) is 0 Å². The Morgan fingerprint density at radius 1 is 1.33 bits per heavy atom. The van der Waals surface area contributed by atoms with Crippen LogP contribution in [0.25, 0.3) is 0 Å². The second-order valence-electron chi connectivity index (χ2n) is 6.08. The van der Waals surface area contributed by atoms with Crippen LogP contribution in [-0.4, -0.2) is 37.5 Å². The summed E-state index contributed by atoms with van der Waals surface area (Å²) in [4.78, 5) is 1.51. The minimum absolute atomic E-state index is 0.372. The van der Waals surface area contributed by atoms with Gasteiger partial charge in [0.1, 0.15) is 25.0 Å². The van der Waals surface area contributed by atoms with Crippen molar-refractivity contribution < 1.29 is 14.7 Å². The van der Waals surface area contributed by atoms with Crippen molar-refractivity contribution >= 4 is 0 Å². The molecule has 1 atom stereocenters. The number of ether oxygens (including phenoxy) is 1. The molecule has 0 aromatic heterocycles. The van der Waals surface area contributed by atoms with E-state index in [4.69, 9.17) is 4.74 Å². The van der Waals surface area contributed by atoms with Gasteiger partial charge < -0.3 is 14.7 Å². The van der Waals surface area contributed by atoms with E-state index in [-0.39, 0.29) is 0 Å². The Balaban J connectivity index is 1.85. The van der Waals surface area contributed by atoms with Gasteiger partial charge in [0.2, 0.25) is 0 Å². The van der Waals surface area contributed by atoms with Crippen LogP contribution in [0.2, 0.25) is 0 Å². The van der Waals surface area contributed by atoms with Crippen molar-refractivity contribution in [2.75, 3.05) is 26.2 Å². The molecule has 3 heteroatoms. The summed E-state index contributed by atoms with van der Waals surface area (Å²) in [7, 11) is 0. The Labute approximate surface area is 128 Å². The van der Waals surface area contributed by atoms with Crippen molar-refractivity contribution in [1.29, 1.82) is 0 Å². The van der Waals surface area contributed by atoms with Crippen LogP contribution in [0.4, 0.5) is 0 Å². The van der Waals surface area contributed by atoms with Crippen LogP contribution >= 0.6 is 0 Å². The van der Waals surface area contributed by atoms with E-state index in [9.17, 15) is 5.11 Å². The topological polar surface area (TPSA) is 33.9 Å². The summed E-state index contributed by atoms with van der Waals surface area (Å²) in [6.45, 7) is 9.40. The standard InChI is InChI=1S/C18H27NO2/c1-3-7-16-12-15(2)8-9-18(16)21-14-17(20)13-19-10-5-4-6-11-19/h3,8-9,12,17,20H,1,4-7,10-11,13-14H2,2H3/p+1/t17-/m0/s1. The SMILES string of the molecule is C=CCc1cc(C)ccc1OC[C@@H](O)C[NH+]1CCCCC1. The quantitative estimate of drug-likeness (QED) is 0.747. The summed E-state index contributed by atoms with van der Waals surface area (Å²) >= 11 is 0. The van der Waals surface area contributed by atoms with Crippen LogP contribution in [0.5, 0.6) is 5.75 Å².